The van der Waals surface area contributed by atoms with Crippen LogP contribution in [0.15, 0.2) is 30.3 Å². The number of methoxy groups -OCH3 is 2. The van der Waals surface area contributed by atoms with E-state index in [1.165, 1.54) is 0 Å². The first-order valence-electron chi connectivity index (χ1n) is 21.8. The molecule has 1 heterocycles. The topological polar surface area (TPSA) is 230 Å². The maximum atomic E-state index is 15.1. The zero-order valence-electron chi connectivity index (χ0n) is 36.8. The van der Waals surface area contributed by atoms with Gasteiger partial charge in [0.05, 0.1) is 32.8 Å². The standard InChI is InChI=1S/C44H67N7O10/c1-8-17-30(35(52)40(56)46-26(2)27-18-11-9-12-19-27)47-38(54)33-24-29-22-15-16-23-32(29)51(33)41(57)36(44(3,4)5)50-39(55)34(28-20-13-10-14-21-28)49-37(53)31(48-43(59)61-7)25-45-42(58)60-6/h9,11-12,18-19,26,28-34,36H,8,10,13-17,20-25H2,1-7H3,(H,45,58)(H,46,56)(H,47,54)(H,48,59)(H,49,53)(H,50,55)/t26-,29+,30?,31+,32+,33+,34+,36-/m1/s1. The van der Waals surface area contributed by atoms with E-state index >= 15 is 4.79 Å². The monoisotopic (exact) mass is 853 g/mol. The number of alkyl carbamates (subject to hydrolysis) is 2. The Hall–Kier alpha value is -5.22. The Kier molecular flexibility index (Phi) is 17.9. The average molecular weight is 854 g/mol. The van der Waals surface area contributed by atoms with Gasteiger partial charge in [-0.25, -0.2) is 9.59 Å². The van der Waals surface area contributed by atoms with E-state index in [9.17, 15) is 33.6 Å². The van der Waals surface area contributed by atoms with Crippen molar-refractivity contribution in [2.45, 2.75) is 154 Å². The largest absolute Gasteiger partial charge is 0.453 e. The predicted molar refractivity (Wildman–Crippen MR) is 225 cm³/mol. The molecule has 2 aliphatic carbocycles. The van der Waals surface area contributed by atoms with E-state index in [4.69, 9.17) is 0 Å². The highest BCUT2D eigenvalue weighted by Gasteiger charge is 2.51. The smallest absolute Gasteiger partial charge is 0.407 e. The molecule has 2 saturated carbocycles. The number of amides is 7. The van der Waals surface area contributed by atoms with Crippen molar-refractivity contribution < 1.29 is 47.8 Å². The van der Waals surface area contributed by atoms with Crippen molar-refractivity contribution in [2.24, 2.45) is 17.3 Å². The molecule has 1 aliphatic heterocycles. The van der Waals surface area contributed by atoms with Crippen LogP contribution >= 0.6 is 0 Å². The summed E-state index contributed by atoms with van der Waals surface area (Å²) in [5, 5.41) is 16.2. The molecule has 17 heteroatoms. The van der Waals surface area contributed by atoms with E-state index in [1.54, 1.807) is 11.8 Å². The summed E-state index contributed by atoms with van der Waals surface area (Å²) < 4.78 is 9.30. The lowest BCUT2D eigenvalue weighted by Crippen LogP contribution is -2.64. The van der Waals surface area contributed by atoms with Gasteiger partial charge in [0.2, 0.25) is 29.4 Å². The molecule has 6 N–H and O–H groups in total. The van der Waals surface area contributed by atoms with Gasteiger partial charge in [-0.15, -0.1) is 0 Å². The number of ketones is 1. The van der Waals surface area contributed by atoms with Crippen LogP contribution < -0.4 is 31.9 Å². The summed E-state index contributed by atoms with van der Waals surface area (Å²) in [6, 6.07) is 2.85. The lowest BCUT2D eigenvalue weighted by Gasteiger charge is -2.40. The quantitative estimate of drug-likeness (QED) is 0.125. The van der Waals surface area contributed by atoms with Gasteiger partial charge < -0.3 is 46.3 Å². The molecule has 3 fully saturated rings. The van der Waals surface area contributed by atoms with Gasteiger partial charge in [-0.3, -0.25) is 28.8 Å². The predicted octanol–water partition coefficient (Wildman–Crippen LogP) is 3.55. The van der Waals surface area contributed by atoms with Crippen LogP contribution in [0, 0.1) is 17.3 Å². The van der Waals surface area contributed by atoms with E-state index in [-0.39, 0.29) is 30.8 Å². The lowest BCUT2D eigenvalue weighted by atomic mass is 9.81. The summed E-state index contributed by atoms with van der Waals surface area (Å²) in [6.07, 6.45) is 6.45. The molecule has 17 nitrogen and oxygen atoms in total. The Morgan fingerprint density at radius 2 is 1.39 bits per heavy atom. The second-order valence-corrected chi connectivity index (χ2v) is 17.7. The number of benzene rings is 1. The molecule has 0 radical (unpaired) electrons. The zero-order valence-corrected chi connectivity index (χ0v) is 36.8. The zero-order chi connectivity index (χ0) is 44.9. The van der Waals surface area contributed by atoms with Crippen LogP contribution in [-0.4, -0.2) is 109 Å². The van der Waals surface area contributed by atoms with E-state index in [0.717, 1.165) is 58.3 Å². The molecule has 8 atom stereocenters. The van der Waals surface area contributed by atoms with Crippen molar-refractivity contribution in [2.75, 3.05) is 20.8 Å². The fourth-order valence-corrected chi connectivity index (χ4v) is 8.90. The molecule has 1 saturated heterocycles. The number of ether oxygens (including phenoxy) is 2. The maximum Gasteiger partial charge on any atom is 0.407 e. The van der Waals surface area contributed by atoms with Crippen molar-refractivity contribution >= 4 is 47.5 Å². The van der Waals surface area contributed by atoms with Gasteiger partial charge in [0, 0.05) is 6.04 Å². The Morgan fingerprint density at radius 3 is 2.02 bits per heavy atom. The minimum Gasteiger partial charge on any atom is -0.453 e. The molecule has 1 aromatic carbocycles. The lowest BCUT2D eigenvalue weighted by molar-refractivity contribution is -0.147. The summed E-state index contributed by atoms with van der Waals surface area (Å²) >= 11 is 0. The van der Waals surface area contributed by atoms with Crippen molar-refractivity contribution in [3.8, 4) is 0 Å². The van der Waals surface area contributed by atoms with Crippen LogP contribution in [-0.2, 0) is 38.2 Å². The van der Waals surface area contributed by atoms with Crippen LogP contribution in [0.3, 0.4) is 0 Å². The highest BCUT2D eigenvalue weighted by molar-refractivity contribution is 6.38. The number of carbonyl (C=O) groups is 8. The third kappa shape index (κ3) is 13.1. The van der Waals surface area contributed by atoms with Gasteiger partial charge in [0.25, 0.3) is 5.91 Å². The second-order valence-electron chi connectivity index (χ2n) is 17.7. The first-order valence-corrected chi connectivity index (χ1v) is 21.8. The van der Waals surface area contributed by atoms with Crippen LogP contribution in [0.1, 0.15) is 123 Å². The van der Waals surface area contributed by atoms with Crippen LogP contribution in [0.4, 0.5) is 9.59 Å². The third-order valence-electron chi connectivity index (χ3n) is 12.3. The van der Waals surface area contributed by atoms with Crippen molar-refractivity contribution in [1.82, 2.24) is 36.8 Å². The Labute approximate surface area is 359 Å². The molecule has 1 aromatic rings. The van der Waals surface area contributed by atoms with Gasteiger partial charge in [0.15, 0.2) is 0 Å². The molecule has 0 spiro atoms. The summed E-state index contributed by atoms with van der Waals surface area (Å²) in [5.74, 6) is -4.21. The highest BCUT2D eigenvalue weighted by atomic mass is 16.5. The molecule has 7 amide bonds. The van der Waals surface area contributed by atoms with Crippen LogP contribution in [0.5, 0.6) is 0 Å². The van der Waals surface area contributed by atoms with E-state index in [0.29, 0.717) is 32.1 Å². The van der Waals surface area contributed by atoms with Gasteiger partial charge in [0.1, 0.15) is 24.2 Å². The fourth-order valence-electron chi connectivity index (χ4n) is 8.90. The van der Waals surface area contributed by atoms with Gasteiger partial charge in [-0.05, 0) is 68.3 Å². The molecule has 338 valence electrons. The van der Waals surface area contributed by atoms with Crippen LogP contribution in [0.25, 0.3) is 0 Å². The summed E-state index contributed by atoms with van der Waals surface area (Å²) in [6.45, 7) is 8.70. The van der Waals surface area contributed by atoms with Crippen molar-refractivity contribution in [3.05, 3.63) is 35.9 Å². The van der Waals surface area contributed by atoms with E-state index in [2.05, 4.69) is 41.4 Å². The average Bonchev–Trinajstić information content (AvgIpc) is 3.65. The number of hydrogen-bond donors (Lipinski definition) is 6. The summed E-state index contributed by atoms with van der Waals surface area (Å²) in [7, 11) is 2.28. The number of nitrogens with zero attached hydrogens (tertiary/aromatic N) is 1. The fraction of sp³-hybridized carbons (Fsp3) is 0.682. The SMILES string of the molecule is CCCC(NC(=O)[C@@H]1C[C@@H]2CCCC[C@@H]2N1C(=O)[C@@H](NC(=O)[C@@H](NC(=O)[C@H](CNC(=O)OC)NC(=O)OC)C1CCCCC1)C(C)(C)C)C(=O)C(=O)N[C@H](C)c1ccccc1. The Morgan fingerprint density at radius 1 is 0.754 bits per heavy atom. The van der Waals surface area contributed by atoms with Crippen molar-refractivity contribution in [3.63, 3.8) is 0 Å². The molecule has 1 unspecified atom stereocenters. The minimum absolute atomic E-state index is 0.0206. The third-order valence-corrected chi connectivity index (χ3v) is 12.3. The number of nitrogens with one attached hydrogen (secondary N) is 6. The molecule has 4 rings (SSSR count). The van der Waals surface area contributed by atoms with E-state index < -0.39 is 89.2 Å². The number of Topliss-reactive ketones (excluding diaryl/α,β-unsaturated/α-hetero) is 1. The molecule has 3 aliphatic rings. The number of rotatable bonds is 17. The first kappa shape index (κ1) is 48.4. The Bertz CT molecular complexity index is 1710. The summed E-state index contributed by atoms with van der Waals surface area (Å²) in [5.41, 5.74) is -0.0435. The van der Waals surface area contributed by atoms with Crippen LogP contribution in [0.2, 0.25) is 0 Å². The molecule has 61 heavy (non-hydrogen) atoms. The maximum absolute atomic E-state index is 15.1. The number of carbonyl (C=O) groups excluding carboxylic acids is 8. The number of hydrogen-bond acceptors (Lipinski definition) is 10. The normalized spacial score (nSPS) is 21.5. The second kappa shape index (κ2) is 22.6. The molecule has 0 aromatic heterocycles. The van der Waals surface area contributed by atoms with Crippen molar-refractivity contribution in [1.29, 1.82) is 0 Å². The van der Waals surface area contributed by atoms with Gasteiger partial charge in [-0.1, -0.05) is 96.6 Å². The van der Waals surface area contributed by atoms with Gasteiger partial charge >= 0.3 is 12.2 Å². The Balaban J connectivity index is 1.59. The molecular weight excluding hydrogens is 787 g/mol. The van der Waals surface area contributed by atoms with Gasteiger partial charge in [-0.2, -0.15) is 0 Å². The number of likely N-dealkylation sites (tertiary alicyclic amines) is 1. The molecule has 0 bridgehead atoms. The molecular formula is C44H67N7O10. The highest BCUT2D eigenvalue weighted by Crippen LogP contribution is 2.41. The van der Waals surface area contributed by atoms with E-state index in [1.807, 2.05) is 58.0 Å². The summed E-state index contributed by atoms with van der Waals surface area (Å²) in [4.78, 5) is 110. The number of fused-ring (bicyclic) bond motifs is 1. The first-order chi connectivity index (χ1) is 29.0. The minimum atomic E-state index is -1.33.